The monoisotopic (exact) mass is 216 g/mol. The average Bonchev–Trinajstić information content (AvgIpc) is 2.01. The predicted octanol–water partition coefficient (Wildman–Crippen LogP) is 0.106. The number of nitrogens with two attached hydrogens (primary N) is 1. The van der Waals surface area contributed by atoms with Gasteiger partial charge in [-0.05, 0) is 12.1 Å². The summed E-state index contributed by atoms with van der Waals surface area (Å²) in [6.07, 6.45) is 0. The van der Waals surface area contributed by atoms with Crippen molar-refractivity contribution in [2.24, 2.45) is 5.14 Å². The number of aromatic hydroxyl groups is 1. The number of anilines is 1. The zero-order valence-electron chi connectivity index (χ0n) is 7.93. The molecule has 0 spiro atoms. The maximum absolute atomic E-state index is 11.2. The fraction of sp³-hybridized carbons (Fsp3) is 0.250. The first-order valence-corrected chi connectivity index (χ1v) is 5.41. The van der Waals surface area contributed by atoms with Gasteiger partial charge in [0, 0.05) is 14.1 Å². The highest BCUT2D eigenvalue weighted by Gasteiger charge is 2.19. The van der Waals surface area contributed by atoms with Gasteiger partial charge in [-0.15, -0.1) is 0 Å². The molecule has 0 amide bonds. The van der Waals surface area contributed by atoms with Crippen molar-refractivity contribution in [1.29, 1.82) is 0 Å². The molecule has 0 atom stereocenters. The molecule has 0 aromatic heterocycles. The van der Waals surface area contributed by atoms with Gasteiger partial charge in [-0.1, -0.05) is 6.07 Å². The molecule has 0 bridgehead atoms. The minimum Gasteiger partial charge on any atom is -0.506 e. The topological polar surface area (TPSA) is 83.6 Å². The van der Waals surface area contributed by atoms with Gasteiger partial charge in [-0.3, -0.25) is 0 Å². The summed E-state index contributed by atoms with van der Waals surface area (Å²) >= 11 is 0. The zero-order chi connectivity index (χ0) is 10.9. The van der Waals surface area contributed by atoms with Gasteiger partial charge >= 0.3 is 0 Å². The van der Waals surface area contributed by atoms with Crippen LogP contribution in [0.3, 0.4) is 0 Å². The van der Waals surface area contributed by atoms with Gasteiger partial charge in [-0.2, -0.15) is 0 Å². The molecule has 0 unspecified atom stereocenters. The van der Waals surface area contributed by atoms with E-state index in [2.05, 4.69) is 0 Å². The smallest absolute Gasteiger partial charge is 0.243 e. The summed E-state index contributed by atoms with van der Waals surface area (Å²) in [5.74, 6) is -0.335. The molecule has 0 heterocycles. The molecule has 78 valence electrons. The van der Waals surface area contributed by atoms with Gasteiger partial charge in [0.1, 0.15) is 10.6 Å². The summed E-state index contributed by atoms with van der Waals surface area (Å²) in [4.78, 5) is 1.32. The van der Waals surface area contributed by atoms with Gasteiger partial charge in [-0.25, -0.2) is 13.6 Å². The Morgan fingerprint density at radius 1 is 1.36 bits per heavy atom. The third-order valence-corrected chi connectivity index (χ3v) is 2.73. The van der Waals surface area contributed by atoms with Crippen LogP contribution in [0.2, 0.25) is 0 Å². The van der Waals surface area contributed by atoms with E-state index in [9.17, 15) is 13.5 Å². The van der Waals surface area contributed by atoms with E-state index in [-0.39, 0.29) is 10.6 Å². The zero-order valence-corrected chi connectivity index (χ0v) is 8.75. The van der Waals surface area contributed by atoms with Gasteiger partial charge in [0.2, 0.25) is 10.0 Å². The molecule has 0 aliphatic carbocycles. The van der Waals surface area contributed by atoms with E-state index in [0.29, 0.717) is 5.69 Å². The number of nitrogens with zero attached hydrogens (tertiary/aromatic N) is 1. The normalized spacial score (nSPS) is 11.4. The molecule has 6 heteroatoms. The third kappa shape index (κ3) is 1.97. The molecule has 0 aliphatic rings. The van der Waals surface area contributed by atoms with Gasteiger partial charge in [0.05, 0.1) is 5.69 Å². The number of rotatable bonds is 2. The lowest BCUT2D eigenvalue weighted by Crippen LogP contribution is -2.18. The Morgan fingerprint density at radius 2 is 1.93 bits per heavy atom. The van der Waals surface area contributed by atoms with Crippen LogP contribution in [0.15, 0.2) is 23.1 Å². The Labute approximate surface area is 82.8 Å². The van der Waals surface area contributed by atoms with E-state index < -0.39 is 10.0 Å². The Balaban J connectivity index is 3.54. The summed E-state index contributed by atoms with van der Waals surface area (Å²) in [5, 5.41) is 14.4. The molecular weight excluding hydrogens is 204 g/mol. The molecule has 5 nitrogen and oxygen atoms in total. The Kier molecular flexibility index (Phi) is 2.68. The lowest BCUT2D eigenvalue weighted by molar-refractivity contribution is 0.459. The minimum atomic E-state index is -3.90. The predicted molar refractivity (Wildman–Crippen MR) is 53.8 cm³/mol. The highest BCUT2D eigenvalue weighted by atomic mass is 32.2. The minimum absolute atomic E-state index is 0.245. The number of sulfonamides is 1. The lowest BCUT2D eigenvalue weighted by atomic mass is 10.3. The molecule has 0 saturated carbocycles. The molecule has 1 aromatic carbocycles. The number of phenols is 1. The van der Waals surface area contributed by atoms with E-state index >= 15 is 0 Å². The van der Waals surface area contributed by atoms with Crippen molar-refractivity contribution < 1.29 is 13.5 Å². The van der Waals surface area contributed by atoms with Crippen molar-refractivity contribution in [3.05, 3.63) is 18.2 Å². The van der Waals surface area contributed by atoms with Crippen LogP contribution in [-0.4, -0.2) is 27.6 Å². The average molecular weight is 216 g/mol. The van der Waals surface area contributed by atoms with E-state index in [1.807, 2.05) is 0 Å². The van der Waals surface area contributed by atoms with Crippen molar-refractivity contribution in [3.8, 4) is 5.75 Å². The van der Waals surface area contributed by atoms with Crippen LogP contribution in [-0.2, 0) is 10.0 Å². The summed E-state index contributed by atoms with van der Waals surface area (Å²) in [6, 6.07) is 4.41. The quantitative estimate of drug-likeness (QED) is 0.734. The van der Waals surface area contributed by atoms with Crippen molar-refractivity contribution in [1.82, 2.24) is 0 Å². The summed E-state index contributed by atoms with van der Waals surface area (Å²) in [5.41, 5.74) is 0.368. The second-order valence-corrected chi connectivity index (χ2v) is 4.56. The molecular formula is C8H12N2O3S. The van der Waals surface area contributed by atoms with Crippen LogP contribution in [0.1, 0.15) is 0 Å². The van der Waals surface area contributed by atoms with Crippen LogP contribution in [0, 0.1) is 0 Å². The van der Waals surface area contributed by atoms with Gasteiger partial charge in [0.25, 0.3) is 0 Å². The first-order valence-electron chi connectivity index (χ1n) is 3.86. The highest BCUT2D eigenvalue weighted by molar-refractivity contribution is 7.89. The van der Waals surface area contributed by atoms with Gasteiger partial charge < -0.3 is 10.0 Å². The first kappa shape index (κ1) is 10.8. The number of phenolic OH excluding ortho intramolecular Hbond substituents is 1. The van der Waals surface area contributed by atoms with E-state index in [1.54, 1.807) is 31.1 Å². The summed E-state index contributed by atoms with van der Waals surface area (Å²) in [6.45, 7) is 0. The fourth-order valence-corrected chi connectivity index (χ4v) is 2.06. The van der Waals surface area contributed by atoms with Crippen molar-refractivity contribution >= 4 is 15.7 Å². The first-order chi connectivity index (χ1) is 6.34. The van der Waals surface area contributed by atoms with Crippen LogP contribution >= 0.6 is 0 Å². The second-order valence-electron chi connectivity index (χ2n) is 3.06. The fourth-order valence-electron chi connectivity index (χ4n) is 1.16. The SMILES string of the molecule is CN(C)c1cccc(O)c1S(N)(=O)=O. The molecule has 3 N–H and O–H groups in total. The van der Waals surface area contributed by atoms with Crippen LogP contribution in [0.25, 0.3) is 0 Å². The highest BCUT2D eigenvalue weighted by Crippen LogP contribution is 2.30. The molecule has 0 radical (unpaired) electrons. The Hall–Kier alpha value is -1.27. The molecule has 14 heavy (non-hydrogen) atoms. The molecule has 0 fully saturated rings. The maximum atomic E-state index is 11.2. The molecule has 0 saturated heterocycles. The van der Waals surface area contributed by atoms with Crippen molar-refractivity contribution in [3.63, 3.8) is 0 Å². The van der Waals surface area contributed by atoms with Crippen LogP contribution < -0.4 is 10.0 Å². The van der Waals surface area contributed by atoms with Crippen molar-refractivity contribution in [2.45, 2.75) is 4.90 Å². The standard InChI is InChI=1S/C8H12N2O3S/c1-10(2)6-4-3-5-7(11)8(6)14(9,12)13/h3-5,11H,1-2H3,(H2,9,12,13). The van der Waals surface area contributed by atoms with Crippen LogP contribution in [0.4, 0.5) is 5.69 Å². The van der Waals surface area contributed by atoms with E-state index in [4.69, 9.17) is 5.14 Å². The summed E-state index contributed by atoms with van der Waals surface area (Å²) in [7, 11) is -0.561. The second kappa shape index (κ2) is 3.47. The van der Waals surface area contributed by atoms with E-state index in [1.165, 1.54) is 6.07 Å². The Bertz CT molecular complexity index is 440. The van der Waals surface area contributed by atoms with E-state index in [0.717, 1.165) is 0 Å². The number of hydrogen-bond donors (Lipinski definition) is 2. The molecule has 0 aliphatic heterocycles. The number of primary sulfonamides is 1. The molecule has 1 aromatic rings. The number of hydrogen-bond acceptors (Lipinski definition) is 4. The molecule has 1 rings (SSSR count). The Morgan fingerprint density at radius 3 is 2.29 bits per heavy atom. The third-order valence-electron chi connectivity index (χ3n) is 1.74. The largest absolute Gasteiger partial charge is 0.506 e. The van der Waals surface area contributed by atoms with Crippen LogP contribution in [0.5, 0.6) is 5.75 Å². The van der Waals surface area contributed by atoms with Gasteiger partial charge in [0.15, 0.2) is 0 Å². The number of benzene rings is 1. The summed E-state index contributed by atoms with van der Waals surface area (Å²) < 4.78 is 22.3. The maximum Gasteiger partial charge on any atom is 0.243 e. The van der Waals surface area contributed by atoms with Crippen molar-refractivity contribution in [2.75, 3.05) is 19.0 Å². The lowest BCUT2D eigenvalue weighted by Gasteiger charge is -2.16.